The first-order chi connectivity index (χ1) is 7.78. The number of aliphatic carboxylic acids is 1. The Bertz CT molecular complexity index is 457. The SMILES string of the molecule is Cc1ncncc1C(=O)N(C)C(C)(C)C(=O)O. The fraction of sp³-hybridized carbons (Fsp3) is 0.455. The zero-order valence-electron chi connectivity index (χ0n) is 10.3. The van der Waals surface area contributed by atoms with Gasteiger partial charge in [0.2, 0.25) is 0 Å². The summed E-state index contributed by atoms with van der Waals surface area (Å²) in [5, 5.41) is 9.05. The second-order valence-electron chi connectivity index (χ2n) is 4.25. The molecule has 0 aromatic carbocycles. The van der Waals surface area contributed by atoms with Crippen molar-refractivity contribution >= 4 is 11.9 Å². The molecule has 0 fully saturated rings. The number of aromatic nitrogens is 2. The van der Waals surface area contributed by atoms with Crippen LogP contribution in [0.15, 0.2) is 12.5 Å². The van der Waals surface area contributed by atoms with E-state index in [0.29, 0.717) is 11.3 Å². The highest BCUT2D eigenvalue weighted by molar-refractivity contribution is 5.97. The number of amides is 1. The lowest BCUT2D eigenvalue weighted by Gasteiger charge is -2.31. The van der Waals surface area contributed by atoms with Crippen molar-refractivity contribution in [3.8, 4) is 0 Å². The van der Waals surface area contributed by atoms with E-state index in [0.717, 1.165) is 0 Å². The summed E-state index contributed by atoms with van der Waals surface area (Å²) in [6.07, 6.45) is 2.73. The normalized spacial score (nSPS) is 11.1. The first kappa shape index (κ1) is 13.1. The Balaban J connectivity index is 3.07. The minimum atomic E-state index is -1.28. The molecule has 17 heavy (non-hydrogen) atoms. The molecule has 0 atom stereocenters. The number of hydrogen-bond acceptors (Lipinski definition) is 4. The van der Waals surface area contributed by atoms with Crippen molar-refractivity contribution < 1.29 is 14.7 Å². The topological polar surface area (TPSA) is 83.4 Å². The summed E-state index contributed by atoms with van der Waals surface area (Å²) in [7, 11) is 1.45. The molecule has 1 heterocycles. The third kappa shape index (κ3) is 2.41. The quantitative estimate of drug-likeness (QED) is 0.837. The molecule has 0 aliphatic carbocycles. The van der Waals surface area contributed by atoms with E-state index >= 15 is 0 Å². The highest BCUT2D eigenvalue weighted by Gasteiger charge is 2.36. The smallest absolute Gasteiger partial charge is 0.329 e. The molecule has 0 saturated heterocycles. The third-order valence-corrected chi connectivity index (χ3v) is 2.81. The van der Waals surface area contributed by atoms with Crippen molar-refractivity contribution in [3.63, 3.8) is 0 Å². The zero-order chi connectivity index (χ0) is 13.2. The van der Waals surface area contributed by atoms with Gasteiger partial charge >= 0.3 is 5.97 Å². The van der Waals surface area contributed by atoms with E-state index < -0.39 is 17.4 Å². The first-order valence-corrected chi connectivity index (χ1v) is 5.06. The van der Waals surface area contributed by atoms with Crippen molar-refractivity contribution in [1.82, 2.24) is 14.9 Å². The molecule has 0 radical (unpaired) electrons. The second-order valence-corrected chi connectivity index (χ2v) is 4.25. The predicted molar refractivity (Wildman–Crippen MR) is 60.6 cm³/mol. The van der Waals surface area contributed by atoms with Crippen LogP contribution in [0.4, 0.5) is 0 Å². The summed E-state index contributed by atoms with van der Waals surface area (Å²) in [6, 6.07) is 0. The second kappa shape index (κ2) is 4.48. The van der Waals surface area contributed by atoms with Gasteiger partial charge in [-0.25, -0.2) is 14.8 Å². The molecule has 0 unspecified atom stereocenters. The Morgan fingerprint density at radius 2 is 2.00 bits per heavy atom. The van der Waals surface area contributed by atoms with Gasteiger partial charge in [-0.3, -0.25) is 4.79 Å². The van der Waals surface area contributed by atoms with Crippen molar-refractivity contribution in [3.05, 3.63) is 23.8 Å². The van der Waals surface area contributed by atoms with Crippen LogP contribution < -0.4 is 0 Å². The zero-order valence-corrected chi connectivity index (χ0v) is 10.3. The van der Waals surface area contributed by atoms with Crippen LogP contribution in [0.2, 0.25) is 0 Å². The maximum atomic E-state index is 12.1. The monoisotopic (exact) mass is 237 g/mol. The van der Waals surface area contributed by atoms with Crippen LogP contribution in [0.5, 0.6) is 0 Å². The third-order valence-electron chi connectivity index (χ3n) is 2.81. The maximum absolute atomic E-state index is 12.1. The molecule has 1 rings (SSSR count). The molecule has 1 aromatic heterocycles. The van der Waals surface area contributed by atoms with Gasteiger partial charge in [0.15, 0.2) is 0 Å². The molecule has 0 spiro atoms. The van der Waals surface area contributed by atoms with Crippen molar-refractivity contribution in [1.29, 1.82) is 0 Å². The molecule has 0 aliphatic heterocycles. The van der Waals surface area contributed by atoms with E-state index in [4.69, 9.17) is 5.11 Å². The van der Waals surface area contributed by atoms with Gasteiger partial charge in [-0.05, 0) is 20.8 Å². The molecule has 6 heteroatoms. The van der Waals surface area contributed by atoms with E-state index in [9.17, 15) is 9.59 Å². The van der Waals surface area contributed by atoms with Gasteiger partial charge in [0.1, 0.15) is 11.9 Å². The van der Waals surface area contributed by atoms with E-state index in [1.807, 2.05) is 0 Å². The highest BCUT2D eigenvalue weighted by Crippen LogP contribution is 2.16. The van der Waals surface area contributed by atoms with Gasteiger partial charge < -0.3 is 10.0 Å². The van der Waals surface area contributed by atoms with Gasteiger partial charge in [-0.1, -0.05) is 0 Å². The standard InChI is InChI=1S/C11H15N3O3/c1-7-8(5-12-6-13-7)9(15)14(4)11(2,3)10(16)17/h5-6H,1-4H3,(H,16,17). The van der Waals surface area contributed by atoms with Crippen LogP contribution in [0.25, 0.3) is 0 Å². The van der Waals surface area contributed by atoms with Gasteiger partial charge in [0, 0.05) is 13.2 Å². The fourth-order valence-corrected chi connectivity index (χ4v) is 1.18. The van der Waals surface area contributed by atoms with E-state index in [2.05, 4.69) is 9.97 Å². The molecular weight excluding hydrogens is 222 g/mol. The summed E-state index contributed by atoms with van der Waals surface area (Å²) in [5.41, 5.74) is -0.443. The Morgan fingerprint density at radius 3 is 2.47 bits per heavy atom. The number of likely N-dealkylation sites (N-methyl/N-ethyl adjacent to an activating group) is 1. The van der Waals surface area contributed by atoms with Crippen LogP contribution in [0, 0.1) is 6.92 Å². The summed E-state index contributed by atoms with van der Waals surface area (Å²) in [6.45, 7) is 4.61. The molecule has 0 bridgehead atoms. The van der Waals surface area contributed by atoms with Crippen molar-refractivity contribution in [2.24, 2.45) is 0 Å². The lowest BCUT2D eigenvalue weighted by Crippen LogP contribution is -2.51. The molecule has 1 amide bonds. The minimum absolute atomic E-state index is 0.310. The molecular formula is C11H15N3O3. The predicted octanol–water partition coefficient (Wildman–Crippen LogP) is 0.720. The first-order valence-electron chi connectivity index (χ1n) is 5.06. The Hall–Kier alpha value is -1.98. The molecule has 0 saturated carbocycles. The number of carbonyl (C=O) groups is 2. The lowest BCUT2D eigenvalue weighted by molar-refractivity contribution is -0.147. The number of carbonyl (C=O) groups excluding carboxylic acids is 1. The molecule has 1 aromatic rings. The van der Waals surface area contributed by atoms with Gasteiger partial charge in [0.25, 0.3) is 5.91 Å². The number of carboxylic acid groups (broad SMARTS) is 1. The van der Waals surface area contributed by atoms with E-state index in [1.165, 1.54) is 38.3 Å². The molecule has 0 aliphatic rings. The van der Waals surface area contributed by atoms with Crippen LogP contribution in [-0.2, 0) is 4.79 Å². The van der Waals surface area contributed by atoms with Gasteiger partial charge in [0.05, 0.1) is 11.3 Å². The summed E-state index contributed by atoms with van der Waals surface area (Å²) in [4.78, 5) is 32.0. The Kier molecular flexibility index (Phi) is 3.45. The fourth-order valence-electron chi connectivity index (χ4n) is 1.18. The average molecular weight is 237 g/mol. The van der Waals surface area contributed by atoms with E-state index in [1.54, 1.807) is 6.92 Å². The summed E-state index contributed by atoms with van der Waals surface area (Å²) >= 11 is 0. The van der Waals surface area contributed by atoms with Crippen LogP contribution in [0.3, 0.4) is 0 Å². The highest BCUT2D eigenvalue weighted by atomic mass is 16.4. The maximum Gasteiger partial charge on any atom is 0.329 e. The average Bonchev–Trinajstić information content (AvgIpc) is 2.27. The lowest BCUT2D eigenvalue weighted by atomic mass is 10.0. The van der Waals surface area contributed by atoms with Gasteiger partial charge in [-0.2, -0.15) is 0 Å². The molecule has 1 N–H and O–H groups in total. The van der Waals surface area contributed by atoms with Crippen molar-refractivity contribution in [2.75, 3.05) is 7.05 Å². The van der Waals surface area contributed by atoms with Crippen LogP contribution in [-0.4, -0.2) is 44.4 Å². The Labute approximate surface area is 99.3 Å². The van der Waals surface area contributed by atoms with Crippen molar-refractivity contribution in [2.45, 2.75) is 26.3 Å². The largest absolute Gasteiger partial charge is 0.480 e. The number of rotatable bonds is 3. The number of carboxylic acids is 1. The number of nitrogens with zero attached hydrogens (tertiary/aromatic N) is 3. The molecule has 6 nitrogen and oxygen atoms in total. The number of hydrogen-bond donors (Lipinski definition) is 1. The summed E-state index contributed by atoms with van der Waals surface area (Å²) < 4.78 is 0. The van der Waals surface area contributed by atoms with Crippen LogP contribution in [0.1, 0.15) is 29.9 Å². The summed E-state index contributed by atoms with van der Waals surface area (Å²) in [5.74, 6) is -1.47. The van der Waals surface area contributed by atoms with Gasteiger partial charge in [-0.15, -0.1) is 0 Å². The molecule has 92 valence electrons. The van der Waals surface area contributed by atoms with E-state index in [-0.39, 0.29) is 0 Å². The number of aryl methyl sites for hydroxylation is 1. The van der Waals surface area contributed by atoms with Crippen LogP contribution >= 0.6 is 0 Å². The minimum Gasteiger partial charge on any atom is -0.480 e. The Morgan fingerprint density at radius 1 is 1.41 bits per heavy atom.